The van der Waals surface area contributed by atoms with Gasteiger partial charge in [0.05, 0.1) is 34.5 Å². The van der Waals surface area contributed by atoms with E-state index in [-0.39, 0.29) is 18.3 Å². The topological polar surface area (TPSA) is 50.7 Å². The number of methoxy groups -OCH3 is 1. The third-order valence-corrected chi connectivity index (χ3v) is 2.14. The summed E-state index contributed by atoms with van der Waals surface area (Å²) in [6.45, 7) is 0.389. The highest BCUT2D eigenvalue weighted by Gasteiger charge is 2.12. The summed E-state index contributed by atoms with van der Waals surface area (Å²) in [6.07, 6.45) is 1.60. The Morgan fingerprint density at radius 1 is 1.32 bits per heavy atom. The Labute approximate surface area is 120 Å². The maximum atomic E-state index is 11.5. The van der Waals surface area contributed by atoms with Crippen molar-refractivity contribution in [3.63, 3.8) is 0 Å². The molecule has 0 radical (unpaired) electrons. The summed E-state index contributed by atoms with van der Waals surface area (Å²) >= 11 is 0. The Morgan fingerprint density at radius 2 is 1.89 bits per heavy atom. The van der Waals surface area contributed by atoms with Gasteiger partial charge in [-0.1, -0.05) is 0 Å². The molecular formula is C13H20ClN3O2. The summed E-state index contributed by atoms with van der Waals surface area (Å²) in [5.41, 5.74) is 3.40. The van der Waals surface area contributed by atoms with E-state index in [4.69, 9.17) is 4.74 Å². The molecule has 1 amide bonds. The van der Waals surface area contributed by atoms with Crippen LogP contribution in [0.4, 0.5) is 0 Å². The fraction of sp³-hybridized carbons (Fsp3) is 0.385. The lowest BCUT2D eigenvalue weighted by Crippen LogP contribution is -3.00. The van der Waals surface area contributed by atoms with Gasteiger partial charge >= 0.3 is 0 Å². The summed E-state index contributed by atoms with van der Waals surface area (Å²) < 4.78 is 5.62. The smallest absolute Gasteiger partial charge is 0.295 e. The minimum atomic E-state index is -0.104. The number of nitrogens with one attached hydrogen (secondary N) is 1. The average Bonchev–Trinajstić information content (AvgIpc) is 2.27. The predicted octanol–water partition coefficient (Wildman–Crippen LogP) is -2.14. The molecule has 0 aliphatic heterocycles. The molecule has 0 atom stereocenters. The molecule has 0 saturated heterocycles. The maximum Gasteiger partial charge on any atom is 0.295 e. The number of hydrazone groups is 1. The molecule has 0 aliphatic rings. The number of benzene rings is 1. The largest absolute Gasteiger partial charge is 1.00 e. The van der Waals surface area contributed by atoms with E-state index in [2.05, 4.69) is 10.5 Å². The predicted molar refractivity (Wildman–Crippen MR) is 71.6 cm³/mol. The standard InChI is InChI=1S/C13H19N3O2.ClH/c1-16(2,3)10-13(17)15-14-9-11-5-7-12(18-4)8-6-11;/h5-9H,10H2,1-4H3;1H/b14-9-;. The Hall–Kier alpha value is -1.59. The summed E-state index contributed by atoms with van der Waals surface area (Å²) in [4.78, 5) is 11.5. The molecule has 0 unspecified atom stereocenters. The van der Waals surface area contributed by atoms with Crippen LogP contribution in [-0.2, 0) is 4.79 Å². The molecule has 0 aliphatic carbocycles. The van der Waals surface area contributed by atoms with Crippen LogP contribution in [0.3, 0.4) is 0 Å². The molecule has 5 nitrogen and oxygen atoms in total. The Bertz CT molecular complexity index is 425. The SMILES string of the molecule is COc1ccc(/C=N\NC(=O)C[N+](C)(C)C)cc1.[Cl-]. The Morgan fingerprint density at radius 3 is 2.37 bits per heavy atom. The quantitative estimate of drug-likeness (QED) is 0.381. The third-order valence-electron chi connectivity index (χ3n) is 2.14. The number of carbonyl (C=O) groups is 1. The van der Waals surface area contributed by atoms with Crippen molar-refractivity contribution in [2.45, 2.75) is 0 Å². The van der Waals surface area contributed by atoms with Gasteiger partial charge in [-0.05, 0) is 29.8 Å². The highest BCUT2D eigenvalue weighted by Crippen LogP contribution is 2.09. The van der Waals surface area contributed by atoms with Gasteiger partial charge in [-0.15, -0.1) is 0 Å². The molecule has 0 aromatic heterocycles. The van der Waals surface area contributed by atoms with Crippen LogP contribution >= 0.6 is 0 Å². The van der Waals surface area contributed by atoms with Crippen LogP contribution in [0.2, 0.25) is 0 Å². The van der Waals surface area contributed by atoms with E-state index < -0.39 is 0 Å². The summed E-state index contributed by atoms with van der Waals surface area (Å²) in [7, 11) is 7.47. The van der Waals surface area contributed by atoms with E-state index in [1.165, 1.54) is 0 Å². The molecule has 1 rings (SSSR count). The van der Waals surface area contributed by atoms with Gasteiger partial charge in [0.1, 0.15) is 5.75 Å². The number of amides is 1. The minimum absolute atomic E-state index is 0. The van der Waals surface area contributed by atoms with Gasteiger partial charge in [0.2, 0.25) is 0 Å². The summed E-state index contributed by atoms with van der Waals surface area (Å²) in [5, 5.41) is 3.91. The molecule has 6 heteroatoms. The number of nitrogens with zero attached hydrogens (tertiary/aromatic N) is 2. The van der Waals surface area contributed by atoms with Crippen LogP contribution in [0.15, 0.2) is 29.4 Å². The van der Waals surface area contributed by atoms with Gasteiger partial charge in [0.15, 0.2) is 6.54 Å². The van der Waals surface area contributed by atoms with Crippen LogP contribution in [0.1, 0.15) is 5.56 Å². The van der Waals surface area contributed by atoms with Crippen LogP contribution in [0.25, 0.3) is 0 Å². The Kier molecular flexibility index (Phi) is 7.11. The van der Waals surface area contributed by atoms with Crippen LogP contribution in [0.5, 0.6) is 5.75 Å². The molecule has 0 saturated carbocycles. The third kappa shape index (κ3) is 7.43. The van der Waals surface area contributed by atoms with Crippen molar-refractivity contribution < 1.29 is 26.4 Å². The van der Waals surface area contributed by atoms with Crippen molar-refractivity contribution in [2.75, 3.05) is 34.8 Å². The summed E-state index contributed by atoms with van der Waals surface area (Å²) in [5.74, 6) is 0.688. The van der Waals surface area contributed by atoms with E-state index in [0.717, 1.165) is 11.3 Å². The van der Waals surface area contributed by atoms with Crippen molar-refractivity contribution in [3.8, 4) is 5.75 Å². The number of ether oxygens (including phenoxy) is 1. The molecular weight excluding hydrogens is 266 g/mol. The van der Waals surface area contributed by atoms with Crippen LogP contribution in [-0.4, -0.2) is 51.4 Å². The first-order chi connectivity index (χ1) is 8.40. The highest BCUT2D eigenvalue weighted by molar-refractivity contribution is 5.82. The lowest BCUT2D eigenvalue weighted by atomic mass is 10.2. The zero-order valence-corrected chi connectivity index (χ0v) is 12.4. The minimum Gasteiger partial charge on any atom is -1.00 e. The Balaban J connectivity index is 0.00000324. The number of rotatable bonds is 5. The van der Waals surface area contributed by atoms with Gasteiger partial charge in [-0.3, -0.25) is 4.79 Å². The van der Waals surface area contributed by atoms with Crippen LogP contribution in [0, 0.1) is 0 Å². The first-order valence-electron chi connectivity index (χ1n) is 5.67. The fourth-order valence-corrected chi connectivity index (χ4v) is 1.33. The van der Waals surface area contributed by atoms with E-state index in [1.807, 2.05) is 45.4 Å². The molecule has 0 fully saturated rings. The number of hydrogen-bond donors (Lipinski definition) is 1. The number of halogens is 1. The number of likely N-dealkylation sites (N-methyl/N-ethyl adjacent to an activating group) is 1. The van der Waals surface area contributed by atoms with E-state index >= 15 is 0 Å². The lowest BCUT2D eigenvalue weighted by Gasteiger charge is -2.21. The van der Waals surface area contributed by atoms with E-state index in [0.29, 0.717) is 11.0 Å². The number of carbonyl (C=O) groups excluding carboxylic acids is 1. The van der Waals surface area contributed by atoms with E-state index in [9.17, 15) is 4.79 Å². The normalized spacial score (nSPS) is 10.9. The second-order valence-corrected chi connectivity index (χ2v) is 5.01. The fourth-order valence-electron chi connectivity index (χ4n) is 1.33. The van der Waals surface area contributed by atoms with Gasteiger partial charge in [-0.25, -0.2) is 5.43 Å². The molecule has 1 N–H and O–H groups in total. The van der Waals surface area contributed by atoms with Crippen molar-refractivity contribution in [2.24, 2.45) is 5.10 Å². The van der Waals surface area contributed by atoms with Gasteiger partial charge in [-0.2, -0.15) is 5.10 Å². The number of quaternary nitrogens is 1. The summed E-state index contributed by atoms with van der Waals surface area (Å²) in [6, 6.07) is 7.42. The molecule has 0 spiro atoms. The average molecular weight is 286 g/mol. The van der Waals surface area contributed by atoms with Gasteiger partial charge < -0.3 is 21.6 Å². The molecule has 0 heterocycles. The van der Waals surface area contributed by atoms with Gasteiger partial charge in [0.25, 0.3) is 5.91 Å². The molecule has 106 valence electrons. The second kappa shape index (κ2) is 7.76. The monoisotopic (exact) mass is 285 g/mol. The molecule has 1 aromatic rings. The van der Waals surface area contributed by atoms with Crippen molar-refractivity contribution in [1.29, 1.82) is 0 Å². The van der Waals surface area contributed by atoms with Crippen molar-refractivity contribution in [1.82, 2.24) is 5.43 Å². The lowest BCUT2D eigenvalue weighted by molar-refractivity contribution is -0.862. The van der Waals surface area contributed by atoms with Crippen LogP contribution < -0.4 is 22.6 Å². The van der Waals surface area contributed by atoms with Crippen molar-refractivity contribution in [3.05, 3.63) is 29.8 Å². The zero-order valence-electron chi connectivity index (χ0n) is 11.7. The second-order valence-electron chi connectivity index (χ2n) is 5.01. The molecule has 19 heavy (non-hydrogen) atoms. The first-order valence-corrected chi connectivity index (χ1v) is 5.67. The molecule has 0 bridgehead atoms. The first kappa shape index (κ1) is 17.4. The zero-order chi connectivity index (χ0) is 13.6. The van der Waals surface area contributed by atoms with E-state index in [1.54, 1.807) is 13.3 Å². The maximum absolute atomic E-state index is 11.5. The highest BCUT2D eigenvalue weighted by atomic mass is 35.5. The molecule has 1 aromatic carbocycles. The van der Waals surface area contributed by atoms with Gasteiger partial charge in [0, 0.05) is 0 Å². The van der Waals surface area contributed by atoms with Crippen molar-refractivity contribution >= 4 is 12.1 Å². The number of hydrogen-bond acceptors (Lipinski definition) is 3.